The number of hydrogen-bond donors (Lipinski definition) is 3. The van der Waals surface area contributed by atoms with Crippen molar-refractivity contribution < 1.29 is 23.9 Å². The topological polar surface area (TPSA) is 87.0 Å². The third-order valence-corrected chi connectivity index (χ3v) is 2.51. The minimum absolute atomic E-state index is 0.0153. The molecule has 78 valence electrons. The normalized spacial score (nSPS) is 13.9. The van der Waals surface area contributed by atoms with Crippen LogP contribution in [0.4, 0.5) is 0 Å². The third kappa shape index (κ3) is 9.48. The highest BCUT2D eigenvalue weighted by Gasteiger charge is 2.26. The Hall–Kier alpha value is -0.433. The van der Waals surface area contributed by atoms with Crippen molar-refractivity contribution in [1.82, 2.24) is 0 Å². The maximum absolute atomic E-state index is 10.5. The molecule has 6 heteroatoms. The molecule has 13 heavy (non-hydrogen) atoms. The van der Waals surface area contributed by atoms with Crippen molar-refractivity contribution in [3.05, 3.63) is 0 Å². The van der Waals surface area contributed by atoms with Crippen LogP contribution in [-0.2, 0) is 9.53 Å². The molecule has 1 atom stereocenters. The van der Waals surface area contributed by atoms with E-state index < -0.39 is 8.80 Å². The molecule has 0 aromatic carbocycles. The van der Waals surface area contributed by atoms with Crippen molar-refractivity contribution in [1.29, 1.82) is 0 Å². The standard InChI is InChI=1S/C7H16O5Si/c1-6(12-7(2)8)4-3-5-13(9,10)11/h6,9-11H,3-5H2,1-2H3. The lowest BCUT2D eigenvalue weighted by Crippen LogP contribution is -2.34. The van der Waals surface area contributed by atoms with Crippen molar-refractivity contribution in [3.8, 4) is 0 Å². The Morgan fingerprint density at radius 1 is 1.46 bits per heavy atom. The van der Waals surface area contributed by atoms with Gasteiger partial charge in [-0.15, -0.1) is 0 Å². The molecule has 0 bridgehead atoms. The summed E-state index contributed by atoms with van der Waals surface area (Å²) >= 11 is 0. The Balaban J connectivity index is 3.48. The van der Waals surface area contributed by atoms with Gasteiger partial charge in [0.1, 0.15) is 0 Å². The zero-order valence-corrected chi connectivity index (χ0v) is 8.86. The first-order chi connectivity index (χ1) is 5.81. The molecule has 0 rings (SSSR count). The Kier molecular flexibility index (Phi) is 5.15. The summed E-state index contributed by atoms with van der Waals surface area (Å²) in [5.74, 6) is -0.354. The molecule has 0 amide bonds. The van der Waals surface area contributed by atoms with Crippen LogP contribution in [0.2, 0.25) is 6.04 Å². The molecule has 0 saturated heterocycles. The van der Waals surface area contributed by atoms with E-state index in [1.54, 1.807) is 6.92 Å². The average Bonchev–Trinajstić information content (AvgIpc) is 1.81. The maximum atomic E-state index is 10.5. The zero-order valence-electron chi connectivity index (χ0n) is 7.86. The molecule has 3 N–H and O–H groups in total. The van der Waals surface area contributed by atoms with Crippen molar-refractivity contribution in [3.63, 3.8) is 0 Å². The number of esters is 1. The summed E-state index contributed by atoms with van der Waals surface area (Å²) in [6.45, 7) is 3.04. The molecule has 0 saturated carbocycles. The Labute approximate surface area is 78.3 Å². The average molecular weight is 208 g/mol. The van der Waals surface area contributed by atoms with Gasteiger partial charge in [0.15, 0.2) is 0 Å². The van der Waals surface area contributed by atoms with Crippen LogP contribution < -0.4 is 0 Å². The minimum Gasteiger partial charge on any atom is -0.463 e. The maximum Gasteiger partial charge on any atom is 0.492 e. The van der Waals surface area contributed by atoms with E-state index in [0.717, 1.165) is 0 Å². The van der Waals surface area contributed by atoms with E-state index in [1.807, 2.05) is 0 Å². The van der Waals surface area contributed by atoms with Crippen molar-refractivity contribution in [2.24, 2.45) is 0 Å². The van der Waals surface area contributed by atoms with Crippen LogP contribution in [0.15, 0.2) is 0 Å². The van der Waals surface area contributed by atoms with Crippen LogP contribution in [0.3, 0.4) is 0 Å². The zero-order chi connectivity index (χ0) is 10.5. The second-order valence-corrected chi connectivity index (χ2v) is 5.14. The van der Waals surface area contributed by atoms with Gasteiger partial charge in [-0.3, -0.25) is 4.79 Å². The fraction of sp³-hybridized carbons (Fsp3) is 0.857. The van der Waals surface area contributed by atoms with Gasteiger partial charge in [-0.05, 0) is 19.8 Å². The summed E-state index contributed by atoms with van der Waals surface area (Å²) in [4.78, 5) is 36.4. The van der Waals surface area contributed by atoms with E-state index in [4.69, 9.17) is 19.1 Å². The van der Waals surface area contributed by atoms with Gasteiger partial charge in [-0.25, -0.2) is 0 Å². The summed E-state index contributed by atoms with van der Waals surface area (Å²) in [5, 5.41) is 0. The minimum atomic E-state index is -3.90. The van der Waals surface area contributed by atoms with Gasteiger partial charge in [-0.2, -0.15) is 0 Å². The second kappa shape index (κ2) is 5.33. The molecule has 0 radical (unpaired) electrons. The number of carbonyl (C=O) groups excluding carboxylic acids is 1. The van der Waals surface area contributed by atoms with Crippen molar-refractivity contribution in [2.75, 3.05) is 0 Å². The number of rotatable bonds is 5. The summed E-state index contributed by atoms with van der Waals surface area (Å²) < 4.78 is 4.80. The quantitative estimate of drug-likeness (QED) is 0.424. The number of ether oxygens (including phenoxy) is 1. The second-order valence-electron chi connectivity index (χ2n) is 3.09. The van der Waals surface area contributed by atoms with Crippen LogP contribution in [-0.4, -0.2) is 35.3 Å². The molecule has 0 spiro atoms. The number of hydrogen-bond acceptors (Lipinski definition) is 5. The highest BCUT2D eigenvalue weighted by molar-refractivity contribution is 6.56. The van der Waals surface area contributed by atoms with Gasteiger partial charge in [-0.1, -0.05) is 0 Å². The lowest BCUT2D eigenvalue weighted by Gasteiger charge is -2.13. The molecule has 0 aliphatic rings. The van der Waals surface area contributed by atoms with E-state index in [1.165, 1.54) is 6.92 Å². The predicted molar refractivity (Wildman–Crippen MR) is 47.7 cm³/mol. The lowest BCUT2D eigenvalue weighted by molar-refractivity contribution is -0.145. The highest BCUT2D eigenvalue weighted by Crippen LogP contribution is 2.09. The Morgan fingerprint density at radius 3 is 2.38 bits per heavy atom. The van der Waals surface area contributed by atoms with Crippen LogP contribution in [0, 0.1) is 0 Å². The third-order valence-electron chi connectivity index (χ3n) is 1.49. The fourth-order valence-corrected chi connectivity index (χ4v) is 1.65. The molecule has 0 fully saturated rings. The van der Waals surface area contributed by atoms with Gasteiger partial charge < -0.3 is 19.1 Å². The van der Waals surface area contributed by atoms with E-state index >= 15 is 0 Å². The van der Waals surface area contributed by atoms with Crippen molar-refractivity contribution in [2.45, 2.75) is 38.8 Å². The van der Waals surface area contributed by atoms with Crippen LogP contribution in [0.1, 0.15) is 26.7 Å². The highest BCUT2D eigenvalue weighted by atomic mass is 28.4. The lowest BCUT2D eigenvalue weighted by atomic mass is 10.2. The summed E-state index contributed by atoms with van der Waals surface area (Å²) in [6.07, 6.45) is 0.717. The van der Waals surface area contributed by atoms with Gasteiger partial charge in [0.2, 0.25) is 0 Å². The van der Waals surface area contributed by atoms with Crippen molar-refractivity contribution >= 4 is 14.8 Å². The van der Waals surface area contributed by atoms with Gasteiger partial charge in [0.05, 0.1) is 6.10 Å². The van der Waals surface area contributed by atoms with Crippen LogP contribution in [0.25, 0.3) is 0 Å². The first-order valence-corrected chi connectivity index (χ1v) is 6.20. The molecule has 0 heterocycles. The van der Waals surface area contributed by atoms with Crippen LogP contribution >= 0.6 is 0 Å². The first-order valence-electron chi connectivity index (χ1n) is 4.15. The first kappa shape index (κ1) is 12.6. The molecule has 0 aliphatic carbocycles. The SMILES string of the molecule is CC(=O)OC(C)CCC[Si](O)(O)O. The predicted octanol–water partition coefficient (Wildman–Crippen LogP) is -0.366. The monoisotopic (exact) mass is 208 g/mol. The molecule has 0 aromatic heterocycles. The molecular formula is C7H16O5Si. The summed E-state index contributed by atoms with van der Waals surface area (Å²) in [7, 11) is -3.90. The van der Waals surface area contributed by atoms with E-state index in [2.05, 4.69) is 0 Å². The summed E-state index contributed by atoms with van der Waals surface area (Å²) in [5.41, 5.74) is 0. The molecule has 0 aliphatic heterocycles. The van der Waals surface area contributed by atoms with E-state index in [9.17, 15) is 4.79 Å². The van der Waals surface area contributed by atoms with Gasteiger partial charge >= 0.3 is 14.8 Å². The van der Waals surface area contributed by atoms with E-state index in [0.29, 0.717) is 12.8 Å². The Morgan fingerprint density at radius 2 is 2.00 bits per heavy atom. The molecular weight excluding hydrogens is 192 g/mol. The fourth-order valence-electron chi connectivity index (χ4n) is 0.969. The molecule has 0 aromatic rings. The van der Waals surface area contributed by atoms with Crippen LogP contribution in [0.5, 0.6) is 0 Å². The summed E-state index contributed by atoms with van der Waals surface area (Å²) in [6, 6.07) is -0.0153. The molecule has 5 nitrogen and oxygen atoms in total. The largest absolute Gasteiger partial charge is 0.492 e. The smallest absolute Gasteiger partial charge is 0.463 e. The van der Waals surface area contributed by atoms with E-state index in [-0.39, 0.29) is 18.1 Å². The Bertz CT molecular complexity index is 165. The number of carbonyl (C=O) groups is 1. The van der Waals surface area contributed by atoms with Gasteiger partial charge in [0.25, 0.3) is 0 Å². The van der Waals surface area contributed by atoms with Gasteiger partial charge in [0, 0.05) is 13.0 Å². The molecule has 1 unspecified atom stereocenters.